The summed E-state index contributed by atoms with van der Waals surface area (Å²) in [4.78, 5) is 4.08. The first-order valence-corrected chi connectivity index (χ1v) is 7.93. The maximum absolute atomic E-state index is 4.08. The van der Waals surface area contributed by atoms with Gasteiger partial charge in [-0.15, -0.1) is 0 Å². The highest BCUT2D eigenvalue weighted by Crippen LogP contribution is 2.35. The van der Waals surface area contributed by atoms with Crippen LogP contribution in [0.4, 0.5) is 0 Å². The van der Waals surface area contributed by atoms with Crippen molar-refractivity contribution >= 4 is 0 Å². The van der Waals surface area contributed by atoms with E-state index in [1.54, 1.807) is 6.20 Å². The third-order valence-electron chi connectivity index (χ3n) is 4.67. The molecule has 0 bridgehead atoms. The van der Waals surface area contributed by atoms with E-state index in [0.717, 1.165) is 12.2 Å². The van der Waals surface area contributed by atoms with Crippen LogP contribution in [0.1, 0.15) is 45.1 Å². The van der Waals surface area contributed by atoms with Crippen LogP contribution in [0.2, 0.25) is 0 Å². The second-order valence-corrected chi connectivity index (χ2v) is 6.96. The molecule has 1 fully saturated rings. The summed E-state index contributed by atoms with van der Waals surface area (Å²) < 4.78 is 2.03. The maximum atomic E-state index is 4.08. The average Bonchev–Trinajstić information content (AvgIpc) is 3.01. The molecule has 1 aliphatic rings. The number of imidazole rings is 1. The lowest BCUT2D eigenvalue weighted by Gasteiger charge is -2.34. The quantitative estimate of drug-likeness (QED) is 0.921. The van der Waals surface area contributed by atoms with E-state index < -0.39 is 0 Å². The first-order valence-electron chi connectivity index (χ1n) is 7.93. The van der Waals surface area contributed by atoms with Crippen molar-refractivity contribution in [3.8, 4) is 5.69 Å². The normalized spacial score (nSPS) is 18.8. The van der Waals surface area contributed by atoms with E-state index in [1.807, 2.05) is 17.1 Å². The Labute approximate surface area is 127 Å². The van der Waals surface area contributed by atoms with Crippen LogP contribution in [0.5, 0.6) is 0 Å². The van der Waals surface area contributed by atoms with Crippen molar-refractivity contribution < 1.29 is 0 Å². The van der Waals surface area contributed by atoms with Crippen molar-refractivity contribution in [2.24, 2.45) is 5.41 Å². The Kier molecular flexibility index (Phi) is 4.11. The summed E-state index contributed by atoms with van der Waals surface area (Å²) in [5, 5.41) is 3.71. The van der Waals surface area contributed by atoms with E-state index >= 15 is 0 Å². The Balaban J connectivity index is 1.52. The third-order valence-corrected chi connectivity index (χ3v) is 4.67. The summed E-state index contributed by atoms with van der Waals surface area (Å²) in [5.41, 5.74) is 3.06. The summed E-state index contributed by atoms with van der Waals surface area (Å²) in [6.07, 6.45) is 10.9. The average molecular weight is 283 g/mol. The topological polar surface area (TPSA) is 29.9 Å². The van der Waals surface area contributed by atoms with Crippen LogP contribution in [0, 0.1) is 5.41 Å². The van der Waals surface area contributed by atoms with Crippen LogP contribution in [0.25, 0.3) is 5.69 Å². The number of rotatable bonds is 4. The highest BCUT2D eigenvalue weighted by molar-refractivity contribution is 5.34. The number of benzene rings is 1. The van der Waals surface area contributed by atoms with Gasteiger partial charge in [-0.1, -0.05) is 26.0 Å². The molecule has 1 aliphatic carbocycles. The van der Waals surface area contributed by atoms with Gasteiger partial charge in [0.15, 0.2) is 0 Å². The lowest BCUT2D eigenvalue weighted by atomic mass is 9.75. The minimum atomic E-state index is 0.546. The molecule has 1 N–H and O–H groups in total. The molecule has 3 nitrogen and oxygen atoms in total. The fourth-order valence-corrected chi connectivity index (χ4v) is 3.06. The zero-order chi connectivity index (χ0) is 14.7. The summed E-state index contributed by atoms with van der Waals surface area (Å²) in [7, 11) is 0. The number of nitrogens with one attached hydrogen (secondary N) is 1. The van der Waals surface area contributed by atoms with Crippen LogP contribution in [0.3, 0.4) is 0 Å². The molecule has 0 saturated heterocycles. The molecule has 1 aromatic carbocycles. The van der Waals surface area contributed by atoms with Gasteiger partial charge in [-0.25, -0.2) is 4.98 Å². The molecule has 3 rings (SSSR count). The van der Waals surface area contributed by atoms with E-state index in [9.17, 15) is 0 Å². The maximum Gasteiger partial charge on any atom is 0.0991 e. The van der Waals surface area contributed by atoms with Gasteiger partial charge in [0.1, 0.15) is 0 Å². The summed E-state index contributed by atoms with van der Waals surface area (Å²) in [6, 6.07) is 9.40. The van der Waals surface area contributed by atoms with E-state index in [2.05, 4.69) is 48.4 Å². The first kappa shape index (κ1) is 14.3. The third kappa shape index (κ3) is 3.73. The molecule has 0 radical (unpaired) electrons. The molecule has 3 heteroatoms. The van der Waals surface area contributed by atoms with Crippen molar-refractivity contribution in [2.45, 2.75) is 52.1 Å². The number of nitrogens with zero attached hydrogens (tertiary/aromatic N) is 2. The monoisotopic (exact) mass is 283 g/mol. The van der Waals surface area contributed by atoms with Gasteiger partial charge < -0.3 is 9.88 Å². The van der Waals surface area contributed by atoms with Crippen LogP contribution in [-0.2, 0) is 6.54 Å². The number of hydrogen-bond acceptors (Lipinski definition) is 2. The Morgan fingerprint density at radius 1 is 1.19 bits per heavy atom. The molecular formula is C18H25N3. The van der Waals surface area contributed by atoms with Crippen LogP contribution in [-0.4, -0.2) is 15.6 Å². The summed E-state index contributed by atoms with van der Waals surface area (Å²) in [5.74, 6) is 0. The molecular weight excluding hydrogens is 258 g/mol. The van der Waals surface area contributed by atoms with E-state index in [-0.39, 0.29) is 0 Å². The predicted octanol–water partition coefficient (Wildman–Crippen LogP) is 3.93. The number of hydrogen-bond donors (Lipinski definition) is 1. The van der Waals surface area contributed by atoms with Gasteiger partial charge in [0.05, 0.1) is 6.33 Å². The number of aromatic nitrogens is 2. The van der Waals surface area contributed by atoms with Gasteiger partial charge in [0.2, 0.25) is 0 Å². The van der Waals surface area contributed by atoms with Crippen molar-refractivity contribution in [1.29, 1.82) is 0 Å². The molecule has 0 spiro atoms. The minimum absolute atomic E-state index is 0.546. The van der Waals surface area contributed by atoms with Crippen molar-refractivity contribution in [2.75, 3.05) is 0 Å². The lowest BCUT2D eigenvalue weighted by molar-refractivity contribution is 0.206. The zero-order valence-corrected chi connectivity index (χ0v) is 13.0. The van der Waals surface area contributed by atoms with Gasteiger partial charge in [-0.2, -0.15) is 0 Å². The molecule has 1 heterocycles. The van der Waals surface area contributed by atoms with Gasteiger partial charge in [0, 0.05) is 30.7 Å². The molecule has 112 valence electrons. The molecule has 0 amide bonds. The van der Waals surface area contributed by atoms with Crippen molar-refractivity contribution in [3.05, 3.63) is 48.5 Å². The molecule has 21 heavy (non-hydrogen) atoms. The van der Waals surface area contributed by atoms with Gasteiger partial charge in [-0.05, 0) is 48.8 Å². The Hall–Kier alpha value is -1.61. The second-order valence-electron chi connectivity index (χ2n) is 6.96. The molecule has 1 saturated carbocycles. The van der Waals surface area contributed by atoms with Gasteiger partial charge in [0.25, 0.3) is 0 Å². The molecule has 0 aliphatic heterocycles. The van der Waals surface area contributed by atoms with Crippen LogP contribution in [0.15, 0.2) is 43.0 Å². The Morgan fingerprint density at radius 2 is 1.90 bits per heavy atom. The van der Waals surface area contributed by atoms with E-state index in [4.69, 9.17) is 0 Å². The van der Waals surface area contributed by atoms with Gasteiger partial charge in [-0.3, -0.25) is 0 Å². The van der Waals surface area contributed by atoms with Gasteiger partial charge >= 0.3 is 0 Å². The fourth-order valence-electron chi connectivity index (χ4n) is 3.06. The highest BCUT2D eigenvalue weighted by Gasteiger charge is 2.26. The first-order chi connectivity index (χ1) is 10.1. The van der Waals surface area contributed by atoms with E-state index in [0.29, 0.717) is 11.5 Å². The minimum Gasteiger partial charge on any atom is -0.310 e. The summed E-state index contributed by atoms with van der Waals surface area (Å²) in [6.45, 7) is 5.74. The Bertz CT molecular complexity index is 545. The van der Waals surface area contributed by atoms with Crippen molar-refractivity contribution in [3.63, 3.8) is 0 Å². The lowest BCUT2D eigenvalue weighted by Crippen LogP contribution is -2.35. The smallest absolute Gasteiger partial charge is 0.0991 e. The second kappa shape index (κ2) is 6.02. The van der Waals surface area contributed by atoms with Crippen molar-refractivity contribution in [1.82, 2.24) is 14.9 Å². The molecule has 0 atom stereocenters. The largest absolute Gasteiger partial charge is 0.310 e. The zero-order valence-electron chi connectivity index (χ0n) is 13.0. The fraction of sp³-hybridized carbons (Fsp3) is 0.500. The molecule has 0 unspecified atom stereocenters. The highest BCUT2D eigenvalue weighted by atomic mass is 15.0. The standard InChI is InChI=1S/C18H25N3/c1-18(2)9-7-16(8-10-18)20-13-15-3-5-17(6-4-15)21-12-11-19-14-21/h3-6,11-12,14,16,20H,7-10,13H2,1-2H3. The molecule has 2 aromatic rings. The summed E-state index contributed by atoms with van der Waals surface area (Å²) >= 11 is 0. The Morgan fingerprint density at radius 3 is 2.52 bits per heavy atom. The molecule has 1 aromatic heterocycles. The van der Waals surface area contributed by atoms with Crippen LogP contribution < -0.4 is 5.32 Å². The SMILES string of the molecule is CC1(C)CCC(NCc2ccc(-n3ccnc3)cc2)CC1. The van der Waals surface area contributed by atoms with Crippen LogP contribution >= 0.6 is 0 Å². The predicted molar refractivity (Wildman–Crippen MR) is 86.4 cm³/mol. The van der Waals surface area contributed by atoms with E-state index in [1.165, 1.54) is 31.2 Å².